The molecule has 154 valence electrons. The van der Waals surface area contributed by atoms with Gasteiger partial charge >= 0.3 is 0 Å². The van der Waals surface area contributed by atoms with E-state index in [4.69, 9.17) is 9.15 Å². The summed E-state index contributed by atoms with van der Waals surface area (Å²) >= 11 is 0. The molecule has 2 heterocycles. The lowest BCUT2D eigenvalue weighted by atomic mass is 10.1. The fourth-order valence-corrected chi connectivity index (χ4v) is 2.77. The highest BCUT2D eigenvalue weighted by Crippen LogP contribution is 2.26. The van der Waals surface area contributed by atoms with E-state index in [1.807, 2.05) is 19.1 Å². The quantitative estimate of drug-likeness (QED) is 0.444. The van der Waals surface area contributed by atoms with Crippen molar-refractivity contribution in [1.29, 1.82) is 0 Å². The Hall–Kier alpha value is -4.33. The van der Waals surface area contributed by atoms with Gasteiger partial charge in [-0.15, -0.1) is 10.2 Å². The predicted octanol–water partition coefficient (Wildman–Crippen LogP) is 5.02. The topological polar surface area (TPSA) is 90.1 Å². The SMILES string of the molecule is Cc1ccc(-c2nnco2)cc1NC(=O)/C=C/c1ccc(Oc2cccnc2)c(F)c1. The molecule has 4 rings (SSSR count). The number of hydrogen-bond donors (Lipinski definition) is 1. The predicted molar refractivity (Wildman–Crippen MR) is 113 cm³/mol. The lowest BCUT2D eigenvalue weighted by Crippen LogP contribution is -2.09. The van der Waals surface area contributed by atoms with E-state index in [9.17, 15) is 9.18 Å². The molecular formula is C23H17FN4O3. The first-order chi connectivity index (χ1) is 15.1. The summed E-state index contributed by atoms with van der Waals surface area (Å²) in [5, 5.41) is 10.3. The van der Waals surface area contributed by atoms with Crippen LogP contribution in [0.4, 0.5) is 10.1 Å². The third-order valence-corrected chi connectivity index (χ3v) is 4.35. The molecule has 2 aromatic heterocycles. The van der Waals surface area contributed by atoms with Crippen molar-refractivity contribution < 1.29 is 18.3 Å². The van der Waals surface area contributed by atoms with Gasteiger partial charge in [0.15, 0.2) is 11.6 Å². The van der Waals surface area contributed by atoms with E-state index in [0.717, 1.165) is 5.56 Å². The Morgan fingerprint density at radius 3 is 2.84 bits per heavy atom. The highest BCUT2D eigenvalue weighted by atomic mass is 19.1. The number of carbonyl (C=O) groups excluding carboxylic acids is 1. The van der Waals surface area contributed by atoms with Gasteiger partial charge in [0, 0.05) is 23.5 Å². The second-order valence-corrected chi connectivity index (χ2v) is 6.58. The molecule has 0 aliphatic carbocycles. The number of rotatable bonds is 6. The zero-order chi connectivity index (χ0) is 21.6. The van der Waals surface area contributed by atoms with Crippen LogP contribution < -0.4 is 10.1 Å². The molecule has 2 aromatic carbocycles. The number of amides is 1. The number of nitrogens with one attached hydrogen (secondary N) is 1. The molecule has 1 N–H and O–H groups in total. The number of anilines is 1. The maximum atomic E-state index is 14.3. The van der Waals surface area contributed by atoms with Crippen molar-refractivity contribution >= 4 is 17.7 Å². The van der Waals surface area contributed by atoms with Crippen molar-refractivity contribution in [3.63, 3.8) is 0 Å². The number of nitrogens with zero attached hydrogens (tertiary/aromatic N) is 3. The maximum Gasteiger partial charge on any atom is 0.248 e. The van der Waals surface area contributed by atoms with Crippen molar-refractivity contribution in [3.8, 4) is 23.0 Å². The second kappa shape index (κ2) is 9.00. The number of aromatic nitrogens is 3. The summed E-state index contributed by atoms with van der Waals surface area (Å²) in [5.74, 6) is -0.0447. The molecule has 0 unspecified atom stereocenters. The normalized spacial score (nSPS) is 10.9. The van der Waals surface area contributed by atoms with Crippen molar-refractivity contribution in [2.24, 2.45) is 0 Å². The lowest BCUT2D eigenvalue weighted by molar-refractivity contribution is -0.111. The minimum atomic E-state index is -0.547. The summed E-state index contributed by atoms with van der Waals surface area (Å²) in [6, 6.07) is 13.2. The van der Waals surface area contributed by atoms with Gasteiger partial charge in [0.2, 0.25) is 18.2 Å². The van der Waals surface area contributed by atoms with Crippen LogP contribution in [0, 0.1) is 12.7 Å². The molecule has 0 radical (unpaired) electrons. The van der Waals surface area contributed by atoms with Gasteiger partial charge in [-0.25, -0.2) is 4.39 Å². The Morgan fingerprint density at radius 2 is 2.10 bits per heavy atom. The summed E-state index contributed by atoms with van der Waals surface area (Å²) in [6.45, 7) is 1.87. The lowest BCUT2D eigenvalue weighted by Gasteiger charge is -2.08. The highest BCUT2D eigenvalue weighted by molar-refractivity contribution is 6.02. The zero-order valence-electron chi connectivity index (χ0n) is 16.4. The van der Waals surface area contributed by atoms with E-state index < -0.39 is 5.82 Å². The van der Waals surface area contributed by atoms with Crippen LogP contribution in [-0.4, -0.2) is 21.1 Å². The van der Waals surface area contributed by atoms with Gasteiger partial charge < -0.3 is 14.5 Å². The van der Waals surface area contributed by atoms with Gasteiger partial charge in [-0.1, -0.05) is 12.1 Å². The number of benzene rings is 2. The number of pyridine rings is 1. The molecular weight excluding hydrogens is 399 g/mol. The van der Waals surface area contributed by atoms with Crippen molar-refractivity contribution in [1.82, 2.24) is 15.2 Å². The van der Waals surface area contributed by atoms with E-state index in [-0.39, 0.29) is 11.7 Å². The third-order valence-electron chi connectivity index (χ3n) is 4.35. The number of aryl methyl sites for hydroxylation is 1. The van der Waals surface area contributed by atoms with Crippen molar-refractivity contribution in [2.75, 3.05) is 5.32 Å². The number of halogens is 1. The van der Waals surface area contributed by atoms with Gasteiger partial charge in [0.05, 0.1) is 6.20 Å². The fourth-order valence-electron chi connectivity index (χ4n) is 2.77. The van der Waals surface area contributed by atoms with Crippen LogP contribution in [0.2, 0.25) is 0 Å². The zero-order valence-corrected chi connectivity index (χ0v) is 16.4. The van der Waals surface area contributed by atoms with Crippen LogP contribution in [0.15, 0.2) is 77.8 Å². The number of hydrogen-bond acceptors (Lipinski definition) is 6. The van der Waals surface area contributed by atoms with Crippen LogP contribution in [0.3, 0.4) is 0 Å². The van der Waals surface area contributed by atoms with Gasteiger partial charge in [-0.2, -0.15) is 0 Å². The van der Waals surface area contributed by atoms with Crippen LogP contribution in [0.5, 0.6) is 11.5 Å². The van der Waals surface area contributed by atoms with E-state index in [1.165, 1.54) is 36.9 Å². The molecule has 7 nitrogen and oxygen atoms in total. The Morgan fingerprint density at radius 1 is 1.19 bits per heavy atom. The second-order valence-electron chi connectivity index (χ2n) is 6.58. The molecule has 31 heavy (non-hydrogen) atoms. The van der Waals surface area contributed by atoms with Gasteiger partial charge in [-0.05, 0) is 60.5 Å². The molecule has 0 saturated carbocycles. The third kappa shape index (κ3) is 4.99. The Balaban J connectivity index is 1.44. The van der Waals surface area contributed by atoms with E-state index >= 15 is 0 Å². The number of ether oxygens (including phenoxy) is 1. The Labute approximate surface area is 177 Å². The molecule has 0 aliphatic heterocycles. The average Bonchev–Trinajstić information content (AvgIpc) is 3.31. The van der Waals surface area contributed by atoms with Crippen LogP contribution in [-0.2, 0) is 4.79 Å². The molecule has 4 aromatic rings. The molecule has 0 atom stereocenters. The summed E-state index contributed by atoms with van der Waals surface area (Å²) in [6.07, 6.45) is 7.18. The Bertz CT molecular complexity index is 1230. The van der Waals surface area contributed by atoms with Crippen molar-refractivity contribution in [3.05, 3.63) is 90.3 Å². The summed E-state index contributed by atoms with van der Waals surface area (Å²) < 4.78 is 25.0. The number of carbonyl (C=O) groups is 1. The summed E-state index contributed by atoms with van der Waals surface area (Å²) in [5.41, 5.74) is 2.68. The van der Waals surface area contributed by atoms with Gasteiger partial charge in [-0.3, -0.25) is 9.78 Å². The molecule has 0 saturated heterocycles. The standard InChI is InChI=1S/C23H17FN4O3/c1-15-4-7-17(23-28-26-14-30-23)12-20(15)27-22(29)9-6-16-5-8-21(19(24)11-16)31-18-3-2-10-25-13-18/h2-14H,1H3,(H,27,29)/b9-6+. The van der Waals surface area contributed by atoms with E-state index in [1.54, 1.807) is 30.5 Å². The Kier molecular flexibility index (Phi) is 5.79. The van der Waals surface area contributed by atoms with E-state index in [2.05, 4.69) is 20.5 Å². The first kappa shape index (κ1) is 20.0. The molecule has 0 aliphatic rings. The van der Waals surface area contributed by atoms with Crippen molar-refractivity contribution in [2.45, 2.75) is 6.92 Å². The van der Waals surface area contributed by atoms with Crippen LogP contribution in [0.1, 0.15) is 11.1 Å². The van der Waals surface area contributed by atoms with E-state index in [0.29, 0.717) is 28.5 Å². The molecule has 8 heteroatoms. The van der Waals surface area contributed by atoms with Gasteiger partial charge in [0.25, 0.3) is 0 Å². The first-order valence-electron chi connectivity index (χ1n) is 9.32. The summed E-state index contributed by atoms with van der Waals surface area (Å²) in [7, 11) is 0. The minimum absolute atomic E-state index is 0.0723. The maximum absolute atomic E-state index is 14.3. The monoisotopic (exact) mass is 416 g/mol. The largest absolute Gasteiger partial charge is 0.453 e. The van der Waals surface area contributed by atoms with Gasteiger partial charge in [0.1, 0.15) is 5.75 Å². The van der Waals surface area contributed by atoms with Crippen LogP contribution >= 0.6 is 0 Å². The molecule has 1 amide bonds. The molecule has 0 spiro atoms. The average molecular weight is 416 g/mol. The minimum Gasteiger partial charge on any atom is -0.453 e. The summed E-state index contributed by atoms with van der Waals surface area (Å²) in [4.78, 5) is 16.3. The fraction of sp³-hybridized carbons (Fsp3) is 0.0435. The highest BCUT2D eigenvalue weighted by Gasteiger charge is 2.09. The van der Waals surface area contributed by atoms with Crippen LogP contribution in [0.25, 0.3) is 17.5 Å². The first-order valence-corrected chi connectivity index (χ1v) is 9.32. The molecule has 0 fully saturated rings. The molecule has 0 bridgehead atoms. The smallest absolute Gasteiger partial charge is 0.248 e.